The first-order valence-electron chi connectivity index (χ1n) is 3.35. The number of carboxylic acid groups (broad SMARTS) is 1. The molecule has 1 atom stereocenters. The normalized spacial score (nSPS) is 12.2. The molecule has 0 saturated carbocycles. The fourth-order valence-corrected chi connectivity index (χ4v) is 0.633. The zero-order valence-electron chi connectivity index (χ0n) is 6.40. The Morgan fingerprint density at radius 3 is 2.50 bits per heavy atom. The molecule has 6 heteroatoms. The Morgan fingerprint density at radius 2 is 2.08 bits per heavy atom. The number of nitrogens with two attached hydrogens (primary N) is 1. The number of hydrogen-bond donors (Lipinski definition) is 3. The highest BCUT2D eigenvalue weighted by Crippen LogP contribution is 2.01. The van der Waals surface area contributed by atoms with E-state index in [9.17, 15) is 9.59 Å². The van der Waals surface area contributed by atoms with Crippen LogP contribution in [0.15, 0.2) is 0 Å². The summed E-state index contributed by atoms with van der Waals surface area (Å²) in [6.45, 7) is 0. The van der Waals surface area contributed by atoms with E-state index in [1.807, 2.05) is 0 Å². The van der Waals surface area contributed by atoms with Crippen LogP contribution < -0.4 is 5.90 Å². The molecule has 0 aliphatic carbocycles. The van der Waals surface area contributed by atoms with Crippen LogP contribution >= 0.6 is 0 Å². The molecule has 0 saturated heterocycles. The fourth-order valence-electron chi connectivity index (χ4n) is 0.633. The number of aliphatic hydroxyl groups excluding tert-OH is 1. The van der Waals surface area contributed by atoms with Crippen LogP contribution in [0, 0.1) is 0 Å². The number of carbonyl (C=O) groups excluding carboxylic acids is 1. The minimum atomic E-state index is -1.02. The number of aliphatic carboxylic acids is 1. The van der Waals surface area contributed by atoms with Crippen LogP contribution in [0.2, 0.25) is 0 Å². The van der Waals surface area contributed by atoms with Crippen LogP contribution in [0.25, 0.3) is 0 Å². The molecule has 70 valence electrons. The molecule has 0 aromatic rings. The third kappa shape index (κ3) is 5.63. The Bertz CT molecular complexity index is 169. The molecule has 0 aromatic carbocycles. The standard InChI is InChI=1S/C6H11NO5/c7-12-6(11)3-4(8)1-2-5(9)10/h4,8H,1-3,7H2,(H,9,10). The summed E-state index contributed by atoms with van der Waals surface area (Å²) in [5.41, 5.74) is 0. The average Bonchev–Trinajstić information content (AvgIpc) is 2.00. The van der Waals surface area contributed by atoms with Crippen molar-refractivity contribution in [1.82, 2.24) is 0 Å². The van der Waals surface area contributed by atoms with Crippen LogP contribution in [-0.4, -0.2) is 28.3 Å². The van der Waals surface area contributed by atoms with Crippen molar-refractivity contribution in [2.75, 3.05) is 0 Å². The molecule has 1 unspecified atom stereocenters. The molecule has 0 heterocycles. The van der Waals surface area contributed by atoms with Gasteiger partial charge in [0.1, 0.15) is 0 Å². The van der Waals surface area contributed by atoms with Crippen LogP contribution in [0.4, 0.5) is 0 Å². The lowest BCUT2D eigenvalue weighted by molar-refractivity contribution is -0.147. The molecule has 0 aliphatic rings. The molecule has 0 aliphatic heterocycles. The van der Waals surface area contributed by atoms with Gasteiger partial charge in [0.2, 0.25) is 0 Å². The van der Waals surface area contributed by atoms with E-state index in [0.29, 0.717) is 0 Å². The quantitative estimate of drug-likeness (QED) is 0.465. The molecule has 0 fully saturated rings. The van der Waals surface area contributed by atoms with E-state index in [1.165, 1.54) is 0 Å². The van der Waals surface area contributed by atoms with E-state index in [4.69, 9.17) is 10.2 Å². The lowest BCUT2D eigenvalue weighted by Gasteiger charge is -2.05. The Kier molecular flexibility index (Phi) is 4.98. The first-order valence-corrected chi connectivity index (χ1v) is 3.35. The predicted molar refractivity (Wildman–Crippen MR) is 37.8 cm³/mol. The van der Waals surface area contributed by atoms with Gasteiger partial charge in [-0.1, -0.05) is 0 Å². The lowest BCUT2D eigenvalue weighted by atomic mass is 10.1. The summed E-state index contributed by atoms with van der Waals surface area (Å²) in [5.74, 6) is 2.72. The van der Waals surface area contributed by atoms with Gasteiger partial charge < -0.3 is 15.1 Å². The van der Waals surface area contributed by atoms with E-state index in [0.717, 1.165) is 0 Å². The molecule has 0 bridgehead atoms. The highest BCUT2D eigenvalue weighted by Gasteiger charge is 2.12. The van der Waals surface area contributed by atoms with Gasteiger partial charge in [-0.2, -0.15) is 5.90 Å². The van der Waals surface area contributed by atoms with Gasteiger partial charge in [-0.25, -0.2) is 0 Å². The van der Waals surface area contributed by atoms with Crippen LogP contribution in [0.1, 0.15) is 19.3 Å². The molecule has 12 heavy (non-hydrogen) atoms. The van der Waals surface area contributed by atoms with Gasteiger partial charge in [-0.3, -0.25) is 9.59 Å². The molecule has 6 nitrogen and oxygen atoms in total. The van der Waals surface area contributed by atoms with Gasteiger partial charge >= 0.3 is 11.9 Å². The molecule has 4 N–H and O–H groups in total. The second-order valence-corrected chi connectivity index (χ2v) is 2.28. The Balaban J connectivity index is 3.52. The molecule has 0 rings (SSSR count). The Morgan fingerprint density at radius 1 is 1.50 bits per heavy atom. The monoisotopic (exact) mass is 177 g/mol. The van der Waals surface area contributed by atoms with E-state index in [1.54, 1.807) is 0 Å². The summed E-state index contributed by atoms with van der Waals surface area (Å²) >= 11 is 0. The van der Waals surface area contributed by atoms with Gasteiger partial charge in [0.25, 0.3) is 0 Å². The minimum Gasteiger partial charge on any atom is -0.481 e. The maximum absolute atomic E-state index is 10.4. The predicted octanol–water partition coefficient (Wildman–Crippen LogP) is -0.981. The van der Waals surface area contributed by atoms with E-state index in [-0.39, 0.29) is 19.3 Å². The van der Waals surface area contributed by atoms with Crippen LogP contribution in [0.3, 0.4) is 0 Å². The number of aliphatic hydroxyl groups is 1. The summed E-state index contributed by atoms with van der Waals surface area (Å²) in [6, 6.07) is 0. The zero-order chi connectivity index (χ0) is 9.56. The number of hydrogen-bond acceptors (Lipinski definition) is 5. The second-order valence-electron chi connectivity index (χ2n) is 2.28. The van der Waals surface area contributed by atoms with Crippen molar-refractivity contribution in [3.05, 3.63) is 0 Å². The van der Waals surface area contributed by atoms with E-state index in [2.05, 4.69) is 10.7 Å². The Labute approximate surface area is 68.9 Å². The number of carbonyl (C=O) groups is 2. The highest BCUT2D eigenvalue weighted by atomic mass is 16.7. The lowest BCUT2D eigenvalue weighted by Crippen LogP contribution is -2.19. The first kappa shape index (κ1) is 10.9. The van der Waals surface area contributed by atoms with Gasteiger partial charge in [0, 0.05) is 6.42 Å². The smallest absolute Gasteiger partial charge is 0.327 e. The van der Waals surface area contributed by atoms with Crippen molar-refractivity contribution in [2.24, 2.45) is 5.90 Å². The SMILES string of the molecule is NOC(=O)CC(O)CCC(=O)O. The average molecular weight is 177 g/mol. The molecule has 0 aromatic heterocycles. The van der Waals surface area contributed by atoms with Crippen molar-refractivity contribution in [2.45, 2.75) is 25.4 Å². The number of rotatable bonds is 5. The molecular formula is C6H11NO5. The van der Waals surface area contributed by atoms with Crippen LogP contribution in [-0.2, 0) is 14.4 Å². The van der Waals surface area contributed by atoms with Crippen molar-refractivity contribution >= 4 is 11.9 Å². The first-order chi connectivity index (χ1) is 5.56. The summed E-state index contributed by atoms with van der Waals surface area (Å²) in [6.07, 6.45) is -1.44. The molecule has 0 amide bonds. The summed E-state index contributed by atoms with van der Waals surface area (Å²) in [7, 11) is 0. The third-order valence-electron chi connectivity index (χ3n) is 1.23. The zero-order valence-corrected chi connectivity index (χ0v) is 6.40. The topological polar surface area (TPSA) is 110 Å². The maximum Gasteiger partial charge on any atom is 0.327 e. The molecule has 0 spiro atoms. The van der Waals surface area contributed by atoms with E-state index < -0.39 is 18.0 Å². The molecular weight excluding hydrogens is 166 g/mol. The fraction of sp³-hybridized carbons (Fsp3) is 0.667. The summed E-state index contributed by atoms with van der Waals surface area (Å²) in [4.78, 5) is 24.2. The maximum atomic E-state index is 10.4. The van der Waals surface area contributed by atoms with Gasteiger partial charge in [-0.05, 0) is 6.42 Å². The largest absolute Gasteiger partial charge is 0.481 e. The van der Waals surface area contributed by atoms with Crippen molar-refractivity contribution in [3.63, 3.8) is 0 Å². The van der Waals surface area contributed by atoms with Gasteiger partial charge in [-0.15, -0.1) is 0 Å². The van der Waals surface area contributed by atoms with Crippen LogP contribution in [0.5, 0.6) is 0 Å². The van der Waals surface area contributed by atoms with Crippen molar-refractivity contribution < 1.29 is 24.6 Å². The minimum absolute atomic E-state index is 0.0183. The van der Waals surface area contributed by atoms with Crippen molar-refractivity contribution in [1.29, 1.82) is 0 Å². The number of carboxylic acids is 1. The third-order valence-corrected chi connectivity index (χ3v) is 1.23. The van der Waals surface area contributed by atoms with E-state index >= 15 is 0 Å². The summed E-state index contributed by atoms with van der Waals surface area (Å²) in [5, 5.41) is 17.2. The second kappa shape index (κ2) is 5.50. The van der Waals surface area contributed by atoms with Gasteiger partial charge in [0.05, 0.1) is 12.5 Å². The Hall–Kier alpha value is -1.14. The van der Waals surface area contributed by atoms with Crippen molar-refractivity contribution in [3.8, 4) is 0 Å². The summed E-state index contributed by atoms with van der Waals surface area (Å²) < 4.78 is 0. The molecule has 0 radical (unpaired) electrons. The highest BCUT2D eigenvalue weighted by molar-refractivity contribution is 5.70. The van der Waals surface area contributed by atoms with Gasteiger partial charge in [0.15, 0.2) is 0 Å².